The molecule has 1 aliphatic rings. The first-order valence-corrected chi connectivity index (χ1v) is 11.9. The van der Waals surface area contributed by atoms with Crippen LogP contribution in [0, 0.1) is 5.82 Å². The number of halogens is 1. The molecule has 1 N–H and O–H groups in total. The molecule has 5 rings (SSSR count). The van der Waals surface area contributed by atoms with Crippen LogP contribution in [0.1, 0.15) is 30.5 Å². The van der Waals surface area contributed by atoms with Crippen molar-refractivity contribution in [1.82, 2.24) is 8.75 Å². The van der Waals surface area contributed by atoms with Gasteiger partial charge in [0.2, 0.25) is 0 Å². The summed E-state index contributed by atoms with van der Waals surface area (Å²) >= 11 is 2.59. The number of hydrogen-bond acceptors (Lipinski definition) is 8. The summed E-state index contributed by atoms with van der Waals surface area (Å²) < 4.78 is 34.2. The third kappa shape index (κ3) is 3.92. The third-order valence-corrected chi connectivity index (χ3v) is 6.63. The zero-order chi connectivity index (χ0) is 23.2. The van der Waals surface area contributed by atoms with Gasteiger partial charge in [0, 0.05) is 17.6 Å². The van der Waals surface area contributed by atoms with Crippen molar-refractivity contribution in [1.29, 1.82) is 0 Å². The average Bonchev–Trinajstić information content (AvgIpc) is 3.50. The summed E-state index contributed by atoms with van der Waals surface area (Å²) in [7, 11) is 0. The number of nitrogens with zero attached hydrogens (tertiary/aromatic N) is 2. The van der Waals surface area contributed by atoms with Crippen molar-refractivity contribution in [3.05, 3.63) is 81.3 Å². The minimum atomic E-state index is -2.12. The smallest absolute Gasteiger partial charge is 0.342 e. The Morgan fingerprint density at radius 1 is 1.15 bits per heavy atom. The van der Waals surface area contributed by atoms with Crippen molar-refractivity contribution in [3.8, 4) is 5.75 Å². The first-order valence-electron chi connectivity index (χ1n) is 10.2. The number of benzene rings is 2. The SMILES string of the molecule is CC(C)Oc1ccc(C2(O)OC(=O)C(c3ccc4nsnc4c3)=C2Cc2ccsc2)cc1F. The Morgan fingerprint density at radius 3 is 2.70 bits per heavy atom. The lowest BCUT2D eigenvalue weighted by atomic mass is 9.88. The molecule has 0 radical (unpaired) electrons. The van der Waals surface area contributed by atoms with Gasteiger partial charge in [0.25, 0.3) is 5.79 Å². The number of hydrogen-bond donors (Lipinski definition) is 1. The van der Waals surface area contributed by atoms with E-state index < -0.39 is 17.6 Å². The van der Waals surface area contributed by atoms with Gasteiger partial charge in [0.05, 0.1) is 23.4 Å². The molecule has 2 aromatic carbocycles. The zero-order valence-corrected chi connectivity index (χ0v) is 19.4. The highest BCUT2D eigenvalue weighted by atomic mass is 32.1. The van der Waals surface area contributed by atoms with Gasteiger partial charge in [0.15, 0.2) is 11.6 Å². The lowest BCUT2D eigenvalue weighted by Crippen LogP contribution is -2.30. The summed E-state index contributed by atoms with van der Waals surface area (Å²) in [5, 5.41) is 15.5. The second-order valence-electron chi connectivity index (χ2n) is 7.97. The number of carbonyl (C=O) groups excluding carboxylic acids is 1. The largest absolute Gasteiger partial charge is 0.488 e. The van der Waals surface area contributed by atoms with Crippen LogP contribution in [0.5, 0.6) is 5.75 Å². The van der Waals surface area contributed by atoms with Gasteiger partial charge < -0.3 is 14.6 Å². The van der Waals surface area contributed by atoms with E-state index in [0.717, 1.165) is 23.4 Å². The van der Waals surface area contributed by atoms with Crippen LogP contribution in [-0.2, 0) is 21.7 Å². The molecular formula is C24H19FN2O4S2. The lowest BCUT2D eigenvalue weighted by Gasteiger charge is -2.26. The molecule has 33 heavy (non-hydrogen) atoms. The molecule has 0 aliphatic carbocycles. The monoisotopic (exact) mass is 482 g/mol. The third-order valence-electron chi connectivity index (χ3n) is 5.34. The number of esters is 1. The van der Waals surface area contributed by atoms with Crippen LogP contribution in [-0.4, -0.2) is 25.9 Å². The van der Waals surface area contributed by atoms with Gasteiger partial charge >= 0.3 is 5.97 Å². The molecule has 0 saturated heterocycles. The second-order valence-corrected chi connectivity index (χ2v) is 9.28. The molecule has 0 amide bonds. The predicted molar refractivity (Wildman–Crippen MR) is 125 cm³/mol. The highest BCUT2D eigenvalue weighted by molar-refractivity contribution is 7.08. The summed E-state index contributed by atoms with van der Waals surface area (Å²) in [6.45, 7) is 3.59. The molecule has 6 nitrogen and oxygen atoms in total. The van der Waals surface area contributed by atoms with E-state index in [4.69, 9.17) is 9.47 Å². The van der Waals surface area contributed by atoms with Gasteiger partial charge in [-0.25, -0.2) is 9.18 Å². The Balaban J connectivity index is 1.66. The number of thiophene rings is 1. The van der Waals surface area contributed by atoms with Gasteiger partial charge in [-0.15, -0.1) is 0 Å². The molecule has 0 spiro atoms. The lowest BCUT2D eigenvalue weighted by molar-refractivity contribution is -0.185. The molecule has 1 atom stereocenters. The Labute approximate surface area is 197 Å². The van der Waals surface area contributed by atoms with Crippen molar-refractivity contribution < 1.29 is 23.8 Å². The van der Waals surface area contributed by atoms with Crippen molar-refractivity contribution in [2.45, 2.75) is 32.2 Å². The van der Waals surface area contributed by atoms with E-state index >= 15 is 0 Å². The van der Waals surface area contributed by atoms with Crippen LogP contribution in [0.2, 0.25) is 0 Å². The van der Waals surface area contributed by atoms with Crippen LogP contribution in [0.15, 0.2) is 58.8 Å². The topological polar surface area (TPSA) is 81.5 Å². The summed E-state index contributed by atoms with van der Waals surface area (Å²) in [6.07, 6.45) is 0.0360. The van der Waals surface area contributed by atoms with Gasteiger partial charge in [-0.3, -0.25) is 0 Å². The number of carbonyl (C=O) groups is 1. The Kier molecular flexibility index (Phi) is 5.48. The number of fused-ring (bicyclic) bond motifs is 1. The summed E-state index contributed by atoms with van der Waals surface area (Å²) in [6, 6.07) is 11.3. The van der Waals surface area contributed by atoms with E-state index in [2.05, 4.69) is 8.75 Å². The van der Waals surface area contributed by atoms with Crippen molar-refractivity contribution in [2.75, 3.05) is 0 Å². The van der Waals surface area contributed by atoms with E-state index in [-0.39, 0.29) is 29.4 Å². The van der Waals surface area contributed by atoms with Crippen LogP contribution in [0.25, 0.3) is 16.6 Å². The molecule has 1 unspecified atom stereocenters. The summed E-state index contributed by atoms with van der Waals surface area (Å²) in [4.78, 5) is 13.1. The van der Waals surface area contributed by atoms with Crippen molar-refractivity contribution in [2.24, 2.45) is 0 Å². The maximum Gasteiger partial charge on any atom is 0.342 e. The molecule has 2 aromatic heterocycles. The van der Waals surface area contributed by atoms with E-state index in [1.165, 1.54) is 23.5 Å². The predicted octanol–water partition coefficient (Wildman–Crippen LogP) is 5.08. The molecule has 1 aliphatic heterocycles. The Hall–Kier alpha value is -3.14. The quantitative estimate of drug-likeness (QED) is 0.386. The van der Waals surface area contributed by atoms with E-state index in [0.29, 0.717) is 22.2 Å². The highest BCUT2D eigenvalue weighted by Gasteiger charge is 2.48. The van der Waals surface area contributed by atoms with Crippen molar-refractivity contribution in [3.63, 3.8) is 0 Å². The fourth-order valence-electron chi connectivity index (χ4n) is 3.87. The van der Waals surface area contributed by atoms with Crippen LogP contribution in [0.3, 0.4) is 0 Å². The standard InChI is InChI=1S/C24H19FN2O4S2/c1-13(2)30-21-6-4-16(11-18(21)25)24(29)17(9-14-7-8-32-12-14)22(23(28)31-24)15-3-5-19-20(10-15)27-33-26-19/h3-8,10-13,29H,9H2,1-2H3. The van der Waals surface area contributed by atoms with E-state index in [9.17, 15) is 14.3 Å². The summed E-state index contributed by atoms with van der Waals surface area (Å²) in [5.74, 6) is -3.40. The van der Waals surface area contributed by atoms with Crippen LogP contribution in [0.4, 0.5) is 4.39 Å². The van der Waals surface area contributed by atoms with Gasteiger partial charge in [-0.1, -0.05) is 6.07 Å². The average molecular weight is 483 g/mol. The van der Waals surface area contributed by atoms with Gasteiger partial charge in [0.1, 0.15) is 11.0 Å². The number of aliphatic hydroxyl groups is 1. The molecule has 3 heterocycles. The van der Waals surface area contributed by atoms with Gasteiger partial charge in [-0.05, 0) is 72.1 Å². The molecule has 4 aromatic rings. The molecule has 168 valence electrons. The maximum absolute atomic E-state index is 14.8. The molecular weight excluding hydrogens is 463 g/mol. The molecule has 0 bridgehead atoms. The van der Waals surface area contributed by atoms with Gasteiger partial charge in [-0.2, -0.15) is 20.1 Å². The van der Waals surface area contributed by atoms with Crippen molar-refractivity contribution >= 4 is 45.6 Å². The number of rotatable bonds is 6. The second kappa shape index (κ2) is 8.33. The fraction of sp³-hybridized carbons (Fsp3) is 0.208. The summed E-state index contributed by atoms with van der Waals surface area (Å²) in [5.41, 5.74) is 3.51. The normalized spacial score (nSPS) is 18.4. The maximum atomic E-state index is 14.8. The molecule has 0 fully saturated rings. The molecule has 9 heteroatoms. The minimum absolute atomic E-state index is 0.0618. The number of aromatic nitrogens is 2. The van der Waals surface area contributed by atoms with Crippen LogP contribution >= 0.6 is 23.1 Å². The van der Waals surface area contributed by atoms with Crippen LogP contribution < -0.4 is 4.74 Å². The van der Waals surface area contributed by atoms with E-state index in [1.807, 2.05) is 16.8 Å². The molecule has 0 saturated carbocycles. The Morgan fingerprint density at radius 2 is 1.97 bits per heavy atom. The minimum Gasteiger partial charge on any atom is -0.488 e. The van der Waals surface area contributed by atoms with E-state index in [1.54, 1.807) is 32.0 Å². The Bertz CT molecular complexity index is 1380. The zero-order valence-electron chi connectivity index (χ0n) is 17.7. The number of ether oxygens (including phenoxy) is 2. The fourth-order valence-corrected chi connectivity index (χ4v) is 5.05. The first kappa shape index (κ1) is 21.7. The first-order chi connectivity index (χ1) is 15.8. The highest BCUT2D eigenvalue weighted by Crippen LogP contribution is 2.45. The number of cyclic esters (lactones) is 1.